The number of nitrogens with one attached hydrogen (secondary N) is 1. The monoisotopic (exact) mass is 293 g/mol. The number of hydrogen-bond acceptors (Lipinski definition) is 6. The Balaban J connectivity index is 2.47. The van der Waals surface area contributed by atoms with Gasteiger partial charge in [0, 0.05) is 17.6 Å². The van der Waals surface area contributed by atoms with Crippen LogP contribution in [0, 0.1) is 6.92 Å². The Kier molecular flexibility index (Phi) is 3.71. The molecule has 0 saturated heterocycles. The Bertz CT molecular complexity index is 741. The zero-order valence-corrected chi connectivity index (χ0v) is 11.6. The highest BCUT2D eigenvalue weighted by Gasteiger charge is 2.12. The van der Waals surface area contributed by atoms with E-state index in [1.807, 2.05) is 6.92 Å². The molecule has 0 unspecified atom stereocenters. The number of carbonyl (C=O) groups is 1. The predicted molar refractivity (Wildman–Crippen MR) is 76.5 cm³/mol. The fraction of sp³-hybridized carbons (Fsp3) is 0.167. The Morgan fingerprint density at radius 3 is 2.80 bits per heavy atom. The fourth-order valence-corrected chi connectivity index (χ4v) is 1.74. The number of rotatable bonds is 2. The summed E-state index contributed by atoms with van der Waals surface area (Å²) in [6.07, 6.45) is 0. The van der Waals surface area contributed by atoms with Gasteiger partial charge >= 0.3 is 5.56 Å². The lowest BCUT2D eigenvalue weighted by Crippen LogP contribution is -2.31. The third-order valence-corrected chi connectivity index (χ3v) is 3.05. The number of nitrogens with zero attached hydrogens (tertiary/aromatic N) is 3. The van der Waals surface area contributed by atoms with E-state index in [1.54, 1.807) is 18.2 Å². The topological polar surface area (TPSA) is 103 Å². The average molecular weight is 294 g/mol. The Morgan fingerprint density at radius 1 is 1.45 bits per heavy atom. The van der Waals surface area contributed by atoms with Crippen LogP contribution in [-0.4, -0.2) is 20.7 Å². The second-order valence-corrected chi connectivity index (χ2v) is 4.50. The molecule has 0 radical (unpaired) electrons. The standard InChI is InChI=1S/C12H12ClN5O2/c1-6-8(13)4-3-5-9(6)15-12-16-10(14)11(20)18(17-12)7(2)19/h3-5H,1-2H3,(H3,14,15,16,17). The average Bonchev–Trinajstić information content (AvgIpc) is 2.38. The maximum atomic E-state index is 11.6. The van der Waals surface area contributed by atoms with E-state index in [1.165, 1.54) is 6.92 Å². The van der Waals surface area contributed by atoms with Gasteiger partial charge in [-0.3, -0.25) is 9.59 Å². The first-order valence-corrected chi connectivity index (χ1v) is 6.08. The summed E-state index contributed by atoms with van der Waals surface area (Å²) in [7, 11) is 0. The molecule has 1 heterocycles. The summed E-state index contributed by atoms with van der Waals surface area (Å²) in [5, 5.41) is 7.26. The summed E-state index contributed by atoms with van der Waals surface area (Å²) in [5.74, 6) is -0.810. The SMILES string of the molecule is CC(=O)n1nc(Nc2cccc(Cl)c2C)nc(N)c1=O. The molecule has 2 aromatic rings. The smallest absolute Gasteiger partial charge is 0.316 e. The van der Waals surface area contributed by atoms with Crippen LogP contribution in [-0.2, 0) is 0 Å². The lowest BCUT2D eigenvalue weighted by molar-refractivity contribution is 0.0915. The summed E-state index contributed by atoms with van der Waals surface area (Å²) >= 11 is 6.00. The molecule has 0 aliphatic heterocycles. The van der Waals surface area contributed by atoms with Crippen molar-refractivity contribution in [3.05, 3.63) is 39.1 Å². The van der Waals surface area contributed by atoms with E-state index in [2.05, 4.69) is 15.4 Å². The number of carbonyl (C=O) groups excluding carboxylic acids is 1. The highest BCUT2D eigenvalue weighted by atomic mass is 35.5. The second kappa shape index (κ2) is 5.30. The van der Waals surface area contributed by atoms with Crippen LogP contribution in [0.15, 0.2) is 23.0 Å². The maximum Gasteiger partial charge on any atom is 0.316 e. The van der Waals surface area contributed by atoms with Crippen LogP contribution >= 0.6 is 11.6 Å². The molecule has 0 aliphatic carbocycles. The summed E-state index contributed by atoms with van der Waals surface area (Å²) < 4.78 is 0.657. The van der Waals surface area contributed by atoms with Gasteiger partial charge in [-0.15, -0.1) is 5.10 Å². The van der Waals surface area contributed by atoms with Crippen LogP contribution in [0.1, 0.15) is 17.3 Å². The van der Waals surface area contributed by atoms with Crippen LogP contribution in [0.5, 0.6) is 0 Å². The van der Waals surface area contributed by atoms with Crippen molar-refractivity contribution in [2.24, 2.45) is 0 Å². The lowest BCUT2D eigenvalue weighted by Gasteiger charge is -2.10. The van der Waals surface area contributed by atoms with Crippen LogP contribution in [0.3, 0.4) is 0 Å². The van der Waals surface area contributed by atoms with Gasteiger partial charge in [0.05, 0.1) is 0 Å². The number of halogens is 1. The molecule has 1 aromatic carbocycles. The van der Waals surface area contributed by atoms with E-state index in [9.17, 15) is 9.59 Å². The first-order chi connectivity index (χ1) is 9.40. The quantitative estimate of drug-likeness (QED) is 0.871. The molecule has 0 atom stereocenters. The van der Waals surface area contributed by atoms with E-state index >= 15 is 0 Å². The molecule has 3 N–H and O–H groups in total. The molecule has 104 valence electrons. The Hall–Kier alpha value is -2.41. The van der Waals surface area contributed by atoms with Crippen molar-refractivity contribution < 1.29 is 4.79 Å². The number of hydrogen-bond donors (Lipinski definition) is 2. The van der Waals surface area contributed by atoms with Gasteiger partial charge in [0.2, 0.25) is 11.9 Å². The third-order valence-electron chi connectivity index (χ3n) is 2.65. The summed E-state index contributed by atoms with van der Waals surface area (Å²) in [6, 6.07) is 5.26. The molecule has 0 amide bonds. The van der Waals surface area contributed by atoms with Crippen molar-refractivity contribution in [2.75, 3.05) is 11.1 Å². The van der Waals surface area contributed by atoms with Gasteiger partial charge in [0.15, 0.2) is 5.82 Å². The van der Waals surface area contributed by atoms with Gasteiger partial charge < -0.3 is 11.1 Å². The van der Waals surface area contributed by atoms with Gasteiger partial charge in [0.1, 0.15) is 0 Å². The van der Waals surface area contributed by atoms with Crippen LogP contribution in [0.25, 0.3) is 0 Å². The van der Waals surface area contributed by atoms with Crippen molar-refractivity contribution in [1.82, 2.24) is 14.8 Å². The van der Waals surface area contributed by atoms with Crippen LogP contribution in [0.4, 0.5) is 17.5 Å². The molecule has 20 heavy (non-hydrogen) atoms. The first-order valence-electron chi connectivity index (χ1n) is 5.70. The highest BCUT2D eigenvalue weighted by Crippen LogP contribution is 2.24. The molecule has 0 bridgehead atoms. The molecule has 2 rings (SSSR count). The number of aromatic nitrogens is 3. The zero-order valence-electron chi connectivity index (χ0n) is 10.8. The van der Waals surface area contributed by atoms with E-state index in [4.69, 9.17) is 17.3 Å². The van der Waals surface area contributed by atoms with Crippen molar-refractivity contribution in [2.45, 2.75) is 13.8 Å². The molecule has 7 nitrogen and oxygen atoms in total. The van der Waals surface area contributed by atoms with Gasteiger partial charge in [-0.05, 0) is 24.6 Å². The van der Waals surface area contributed by atoms with E-state index in [0.29, 0.717) is 15.4 Å². The largest absolute Gasteiger partial charge is 0.379 e. The number of anilines is 3. The van der Waals surface area contributed by atoms with Gasteiger partial charge in [-0.2, -0.15) is 9.67 Å². The number of nitrogen functional groups attached to an aromatic ring is 1. The van der Waals surface area contributed by atoms with E-state index in [0.717, 1.165) is 5.56 Å². The second-order valence-electron chi connectivity index (χ2n) is 4.09. The maximum absolute atomic E-state index is 11.6. The van der Waals surface area contributed by atoms with Crippen molar-refractivity contribution in [3.8, 4) is 0 Å². The molecule has 0 saturated carbocycles. The van der Waals surface area contributed by atoms with Gasteiger partial charge in [0.25, 0.3) is 0 Å². The molecular formula is C12H12ClN5O2. The highest BCUT2D eigenvalue weighted by molar-refractivity contribution is 6.31. The minimum Gasteiger partial charge on any atom is -0.379 e. The van der Waals surface area contributed by atoms with Gasteiger partial charge in [-0.1, -0.05) is 17.7 Å². The van der Waals surface area contributed by atoms with Crippen LogP contribution < -0.4 is 16.6 Å². The van der Waals surface area contributed by atoms with E-state index in [-0.39, 0.29) is 11.8 Å². The molecule has 0 fully saturated rings. The number of nitrogens with two attached hydrogens (primary N) is 1. The molecule has 0 aliphatic rings. The lowest BCUT2D eigenvalue weighted by atomic mass is 10.2. The number of benzene rings is 1. The van der Waals surface area contributed by atoms with Gasteiger partial charge in [-0.25, -0.2) is 0 Å². The molecular weight excluding hydrogens is 282 g/mol. The molecule has 0 spiro atoms. The molecule has 1 aromatic heterocycles. The summed E-state index contributed by atoms with van der Waals surface area (Å²) in [6.45, 7) is 3.03. The van der Waals surface area contributed by atoms with Crippen LogP contribution in [0.2, 0.25) is 5.02 Å². The summed E-state index contributed by atoms with van der Waals surface area (Å²) in [5.41, 5.74) is 6.18. The van der Waals surface area contributed by atoms with E-state index < -0.39 is 11.5 Å². The predicted octanol–water partition coefficient (Wildman–Crippen LogP) is 1.59. The van der Waals surface area contributed by atoms with Crippen molar-refractivity contribution in [3.63, 3.8) is 0 Å². The Labute approximate surface area is 119 Å². The van der Waals surface area contributed by atoms with Crippen molar-refractivity contribution in [1.29, 1.82) is 0 Å². The zero-order chi connectivity index (χ0) is 14.9. The third kappa shape index (κ3) is 2.62. The summed E-state index contributed by atoms with van der Waals surface area (Å²) in [4.78, 5) is 26.7. The molecule has 8 heteroatoms. The minimum absolute atomic E-state index is 0.0441. The first kappa shape index (κ1) is 14.0. The van der Waals surface area contributed by atoms with Crippen molar-refractivity contribution >= 4 is 35.0 Å². The fourth-order valence-electron chi connectivity index (χ4n) is 1.56. The normalized spacial score (nSPS) is 10.3. The minimum atomic E-state index is -0.745. The Morgan fingerprint density at radius 2 is 2.15 bits per heavy atom.